The number of fused-ring (bicyclic) bond motifs is 1. The van der Waals surface area contributed by atoms with Gasteiger partial charge in [-0.1, -0.05) is 6.07 Å². The van der Waals surface area contributed by atoms with Gasteiger partial charge in [0.15, 0.2) is 0 Å². The maximum Gasteiger partial charge on any atom is 0.407 e. The van der Waals surface area contributed by atoms with Crippen LogP contribution in [0.15, 0.2) is 36.5 Å². The van der Waals surface area contributed by atoms with Crippen LogP contribution >= 0.6 is 0 Å². The highest BCUT2D eigenvalue weighted by Crippen LogP contribution is 2.39. The molecule has 0 radical (unpaired) electrons. The second kappa shape index (κ2) is 7.88. The molecule has 0 saturated carbocycles. The van der Waals surface area contributed by atoms with Gasteiger partial charge in [0.2, 0.25) is 5.91 Å². The highest BCUT2D eigenvalue weighted by Gasteiger charge is 2.33. The largest absolute Gasteiger partial charge is 0.447 e. The number of carbonyl (C=O) groups excluding carboxylic acids is 2. The van der Waals surface area contributed by atoms with Crippen molar-refractivity contribution in [2.24, 2.45) is 0 Å². The Labute approximate surface area is 164 Å². The topological polar surface area (TPSA) is 97.5 Å². The number of nitrogen functional groups attached to an aromatic ring is 1. The molecule has 148 valence electrons. The summed E-state index contributed by atoms with van der Waals surface area (Å²) >= 11 is 0. The average Bonchev–Trinajstić information content (AvgIpc) is 2.61. The van der Waals surface area contributed by atoms with E-state index in [1.54, 1.807) is 37.9 Å². The number of nitrogens with one attached hydrogen (secondary N) is 1. The summed E-state index contributed by atoms with van der Waals surface area (Å²) < 4.78 is 5.25. The van der Waals surface area contributed by atoms with Gasteiger partial charge in [-0.3, -0.25) is 4.79 Å². The first-order valence-corrected chi connectivity index (χ1v) is 9.39. The third-order valence-electron chi connectivity index (χ3n) is 4.77. The van der Waals surface area contributed by atoms with E-state index in [-0.39, 0.29) is 24.1 Å². The lowest BCUT2D eigenvalue weighted by Gasteiger charge is -2.39. The lowest BCUT2D eigenvalue weighted by molar-refractivity contribution is -0.117. The van der Waals surface area contributed by atoms with Gasteiger partial charge in [-0.15, -0.1) is 0 Å². The molecule has 7 heteroatoms. The minimum atomic E-state index is -0.464. The number of rotatable bonds is 3. The summed E-state index contributed by atoms with van der Waals surface area (Å²) in [7, 11) is 0. The number of hydrogen-bond acceptors (Lipinski definition) is 5. The number of amides is 2. The van der Waals surface area contributed by atoms with E-state index < -0.39 is 6.09 Å². The summed E-state index contributed by atoms with van der Waals surface area (Å²) in [6, 6.07) is 9.20. The fourth-order valence-corrected chi connectivity index (χ4v) is 3.63. The Bertz CT molecular complexity index is 880. The molecule has 2 atom stereocenters. The molecule has 3 N–H and O–H groups in total. The molecule has 1 aliphatic rings. The van der Waals surface area contributed by atoms with Crippen LogP contribution in [0.2, 0.25) is 0 Å². The molecule has 7 nitrogen and oxygen atoms in total. The minimum absolute atomic E-state index is 0.0288. The Morgan fingerprint density at radius 3 is 2.57 bits per heavy atom. The minimum Gasteiger partial charge on any atom is -0.447 e. The third kappa shape index (κ3) is 4.08. The summed E-state index contributed by atoms with van der Waals surface area (Å²) in [5.74, 6) is 0.424. The standard InChI is InChI=1S/C21H26N4O3/c1-12(2)28-21(27)24-18-9-13(3)25(14(4)26)19-7-5-15(10-17(18)19)16-6-8-20(22)23-11-16/h5-8,10-13,18H,9H2,1-4H3,(H2,22,23)(H,24,27)/t13-,18+/m1/s1. The number of anilines is 2. The monoisotopic (exact) mass is 382 g/mol. The fraction of sp³-hybridized carbons (Fsp3) is 0.381. The van der Waals surface area contributed by atoms with Crippen molar-refractivity contribution in [3.8, 4) is 11.1 Å². The second-order valence-electron chi connectivity index (χ2n) is 7.37. The van der Waals surface area contributed by atoms with E-state index in [1.165, 1.54) is 0 Å². The van der Waals surface area contributed by atoms with E-state index in [0.29, 0.717) is 12.2 Å². The summed E-state index contributed by atoms with van der Waals surface area (Å²) in [6.07, 6.45) is 1.64. The highest BCUT2D eigenvalue weighted by atomic mass is 16.6. The van der Waals surface area contributed by atoms with Crippen LogP contribution in [-0.4, -0.2) is 29.1 Å². The molecule has 0 bridgehead atoms. The molecule has 0 unspecified atom stereocenters. The third-order valence-corrected chi connectivity index (χ3v) is 4.77. The van der Waals surface area contributed by atoms with Crippen molar-refractivity contribution in [1.82, 2.24) is 10.3 Å². The Kier molecular flexibility index (Phi) is 5.53. The Balaban J connectivity index is 2.02. The number of aromatic nitrogens is 1. The van der Waals surface area contributed by atoms with E-state index in [1.807, 2.05) is 31.2 Å². The summed E-state index contributed by atoms with van der Waals surface area (Å²) in [6.45, 7) is 7.14. The zero-order valence-electron chi connectivity index (χ0n) is 16.6. The zero-order chi connectivity index (χ0) is 20.4. The average molecular weight is 382 g/mol. The first-order chi connectivity index (χ1) is 13.3. The number of pyridine rings is 1. The van der Waals surface area contributed by atoms with Crippen molar-refractivity contribution in [2.45, 2.75) is 52.3 Å². The van der Waals surface area contributed by atoms with Gasteiger partial charge in [-0.2, -0.15) is 0 Å². The van der Waals surface area contributed by atoms with E-state index in [2.05, 4.69) is 10.3 Å². The number of alkyl carbamates (subject to hydrolysis) is 1. The Morgan fingerprint density at radius 2 is 1.96 bits per heavy atom. The molecule has 2 aromatic rings. The summed E-state index contributed by atoms with van der Waals surface area (Å²) in [4.78, 5) is 30.4. The van der Waals surface area contributed by atoms with Gasteiger partial charge in [0.1, 0.15) is 5.82 Å². The zero-order valence-corrected chi connectivity index (χ0v) is 16.6. The van der Waals surface area contributed by atoms with Crippen LogP contribution in [0.3, 0.4) is 0 Å². The number of carbonyl (C=O) groups is 2. The first kappa shape index (κ1) is 19.7. The molecule has 0 aliphatic carbocycles. The molecule has 2 heterocycles. The van der Waals surface area contributed by atoms with Gasteiger partial charge in [0.05, 0.1) is 12.1 Å². The molecule has 0 spiro atoms. The van der Waals surface area contributed by atoms with Crippen LogP contribution in [0.5, 0.6) is 0 Å². The molecule has 28 heavy (non-hydrogen) atoms. The molecule has 1 aromatic heterocycles. The lowest BCUT2D eigenvalue weighted by atomic mass is 9.89. The number of benzene rings is 1. The van der Waals surface area contributed by atoms with Crippen LogP contribution in [0, 0.1) is 0 Å². The van der Waals surface area contributed by atoms with Gasteiger partial charge in [-0.25, -0.2) is 9.78 Å². The maximum absolute atomic E-state index is 12.2. The summed E-state index contributed by atoms with van der Waals surface area (Å²) in [5, 5.41) is 2.95. The molecule has 0 fully saturated rings. The second-order valence-corrected chi connectivity index (χ2v) is 7.37. The number of nitrogens with two attached hydrogens (primary N) is 1. The van der Waals surface area contributed by atoms with Crippen LogP contribution < -0.4 is 16.0 Å². The van der Waals surface area contributed by atoms with E-state index in [0.717, 1.165) is 22.4 Å². The van der Waals surface area contributed by atoms with Crippen molar-refractivity contribution in [3.63, 3.8) is 0 Å². The normalized spacial score (nSPS) is 18.5. The quantitative estimate of drug-likeness (QED) is 0.844. The van der Waals surface area contributed by atoms with E-state index >= 15 is 0 Å². The van der Waals surface area contributed by atoms with Crippen molar-refractivity contribution < 1.29 is 14.3 Å². The number of ether oxygens (including phenoxy) is 1. The van der Waals surface area contributed by atoms with E-state index in [4.69, 9.17) is 10.5 Å². The van der Waals surface area contributed by atoms with Gasteiger partial charge in [-0.05, 0) is 62.6 Å². The first-order valence-electron chi connectivity index (χ1n) is 9.39. The van der Waals surface area contributed by atoms with Crippen molar-refractivity contribution >= 4 is 23.5 Å². The predicted molar refractivity (Wildman–Crippen MR) is 109 cm³/mol. The van der Waals surface area contributed by atoms with Crippen molar-refractivity contribution in [2.75, 3.05) is 10.6 Å². The molecule has 2 amide bonds. The number of nitrogens with zero attached hydrogens (tertiary/aromatic N) is 2. The molecular weight excluding hydrogens is 356 g/mol. The maximum atomic E-state index is 12.2. The molecule has 1 aliphatic heterocycles. The van der Waals surface area contributed by atoms with Gasteiger partial charge >= 0.3 is 6.09 Å². The van der Waals surface area contributed by atoms with Crippen LogP contribution in [0.1, 0.15) is 45.7 Å². The number of hydrogen-bond donors (Lipinski definition) is 2. The van der Waals surface area contributed by atoms with Gasteiger partial charge < -0.3 is 20.7 Å². The van der Waals surface area contributed by atoms with Crippen molar-refractivity contribution in [3.05, 3.63) is 42.1 Å². The molecule has 1 aromatic carbocycles. The lowest BCUT2D eigenvalue weighted by Crippen LogP contribution is -2.45. The van der Waals surface area contributed by atoms with Crippen LogP contribution in [0.4, 0.5) is 16.3 Å². The molecule has 0 saturated heterocycles. The smallest absolute Gasteiger partial charge is 0.407 e. The molecular formula is C21H26N4O3. The fourth-order valence-electron chi connectivity index (χ4n) is 3.63. The highest BCUT2D eigenvalue weighted by molar-refractivity contribution is 5.94. The van der Waals surface area contributed by atoms with Crippen LogP contribution in [0.25, 0.3) is 11.1 Å². The SMILES string of the molecule is CC(=O)N1c2ccc(-c3ccc(N)nc3)cc2[C@@H](NC(=O)OC(C)C)C[C@H]1C. The van der Waals surface area contributed by atoms with Gasteiger partial charge in [0, 0.05) is 30.4 Å². The molecule has 3 rings (SSSR count). The van der Waals surface area contributed by atoms with Crippen LogP contribution in [-0.2, 0) is 9.53 Å². The predicted octanol–water partition coefficient (Wildman–Crippen LogP) is 3.65. The van der Waals surface area contributed by atoms with Crippen molar-refractivity contribution in [1.29, 1.82) is 0 Å². The van der Waals surface area contributed by atoms with E-state index in [9.17, 15) is 9.59 Å². The summed E-state index contributed by atoms with van der Waals surface area (Å²) in [5.41, 5.74) is 9.21. The Hall–Kier alpha value is -3.09. The Morgan fingerprint density at radius 1 is 1.25 bits per heavy atom. The van der Waals surface area contributed by atoms with Gasteiger partial charge in [0.25, 0.3) is 0 Å².